The minimum Gasteiger partial charge on any atom is -0.340 e. The molecule has 2 aliphatic heterocycles. The predicted octanol–water partition coefficient (Wildman–Crippen LogP) is 1.59. The lowest BCUT2D eigenvalue weighted by molar-refractivity contribution is -0.135. The highest BCUT2D eigenvalue weighted by molar-refractivity contribution is 5.85. The molecule has 2 bridgehead atoms. The van der Waals surface area contributed by atoms with E-state index in [1.807, 2.05) is 21.6 Å². The molecule has 3 heterocycles. The fourth-order valence-electron chi connectivity index (χ4n) is 3.92. The van der Waals surface area contributed by atoms with Gasteiger partial charge >= 0.3 is 0 Å². The van der Waals surface area contributed by atoms with Gasteiger partial charge in [0, 0.05) is 37.3 Å². The van der Waals surface area contributed by atoms with Gasteiger partial charge in [-0.05, 0) is 30.7 Å². The fourth-order valence-corrected chi connectivity index (χ4v) is 3.92. The van der Waals surface area contributed by atoms with Crippen molar-refractivity contribution in [1.82, 2.24) is 9.47 Å². The lowest BCUT2D eigenvalue weighted by atomic mass is 9.83. The molecule has 128 valence electrons. The summed E-state index contributed by atoms with van der Waals surface area (Å²) in [5.74, 6) is 1.11. The Morgan fingerprint density at radius 1 is 1.30 bits per heavy atom. The van der Waals surface area contributed by atoms with Crippen LogP contribution in [0.4, 0.5) is 0 Å². The van der Waals surface area contributed by atoms with Gasteiger partial charge in [0.25, 0.3) is 5.56 Å². The summed E-state index contributed by atoms with van der Waals surface area (Å²) in [4.78, 5) is 26.5. The first-order chi connectivity index (χ1) is 10.5. The molecular formula is C17H26ClN3O2. The Morgan fingerprint density at radius 2 is 2.04 bits per heavy atom. The van der Waals surface area contributed by atoms with Crippen molar-refractivity contribution >= 4 is 18.3 Å². The quantitative estimate of drug-likeness (QED) is 0.909. The molecule has 0 aliphatic carbocycles. The van der Waals surface area contributed by atoms with Gasteiger partial charge in [-0.1, -0.05) is 19.9 Å². The van der Waals surface area contributed by atoms with E-state index in [0.29, 0.717) is 24.9 Å². The second kappa shape index (κ2) is 7.05. The molecular weight excluding hydrogens is 314 g/mol. The summed E-state index contributed by atoms with van der Waals surface area (Å²) >= 11 is 0. The van der Waals surface area contributed by atoms with Gasteiger partial charge in [-0.15, -0.1) is 12.4 Å². The standard InChI is InChI=1S/C17H25N3O2.ClH/c1-11(2)6-14(18)17(22)19-8-12-7-13(10-19)15-4-3-5-16(21)20(15)9-12;/h3-5,11-14H,6-10,18H2,1-2H3;1H. The lowest BCUT2D eigenvalue weighted by Crippen LogP contribution is -2.53. The van der Waals surface area contributed by atoms with Crippen LogP contribution in [0.15, 0.2) is 23.0 Å². The van der Waals surface area contributed by atoms with Crippen LogP contribution in [0.5, 0.6) is 0 Å². The fraction of sp³-hybridized carbons (Fsp3) is 0.647. The monoisotopic (exact) mass is 339 g/mol. The zero-order chi connectivity index (χ0) is 15.9. The third-order valence-electron chi connectivity index (χ3n) is 4.83. The molecule has 3 atom stereocenters. The summed E-state index contributed by atoms with van der Waals surface area (Å²) in [6, 6.07) is 5.05. The lowest BCUT2D eigenvalue weighted by Gasteiger charge is -2.43. The highest BCUT2D eigenvalue weighted by Gasteiger charge is 2.37. The Balaban J connectivity index is 0.00000192. The number of hydrogen-bond acceptors (Lipinski definition) is 3. The van der Waals surface area contributed by atoms with Gasteiger partial charge in [0.15, 0.2) is 0 Å². The van der Waals surface area contributed by atoms with Crippen molar-refractivity contribution < 1.29 is 4.79 Å². The minimum absolute atomic E-state index is 0. The summed E-state index contributed by atoms with van der Waals surface area (Å²) in [6.45, 7) is 6.29. The van der Waals surface area contributed by atoms with Gasteiger partial charge in [0.05, 0.1) is 6.04 Å². The maximum Gasteiger partial charge on any atom is 0.250 e. The molecule has 3 rings (SSSR count). The van der Waals surface area contributed by atoms with Crippen LogP contribution in [0.3, 0.4) is 0 Å². The highest BCUT2D eigenvalue weighted by atomic mass is 35.5. The van der Waals surface area contributed by atoms with Gasteiger partial charge < -0.3 is 15.2 Å². The topological polar surface area (TPSA) is 68.3 Å². The van der Waals surface area contributed by atoms with E-state index in [1.54, 1.807) is 6.07 Å². The molecule has 6 heteroatoms. The molecule has 1 aromatic heterocycles. The average molecular weight is 340 g/mol. The van der Waals surface area contributed by atoms with Crippen LogP contribution in [-0.2, 0) is 11.3 Å². The number of rotatable bonds is 3. The molecule has 0 radical (unpaired) electrons. The van der Waals surface area contributed by atoms with Crippen molar-refractivity contribution in [3.63, 3.8) is 0 Å². The number of likely N-dealkylation sites (tertiary alicyclic amines) is 1. The number of amides is 1. The second-order valence-corrected chi connectivity index (χ2v) is 7.18. The number of piperidine rings is 1. The zero-order valence-corrected chi connectivity index (χ0v) is 14.6. The maximum absolute atomic E-state index is 12.6. The van der Waals surface area contributed by atoms with Crippen LogP contribution in [-0.4, -0.2) is 34.5 Å². The van der Waals surface area contributed by atoms with E-state index < -0.39 is 6.04 Å². The van der Waals surface area contributed by atoms with E-state index in [4.69, 9.17) is 5.73 Å². The van der Waals surface area contributed by atoms with Crippen molar-refractivity contribution in [2.24, 2.45) is 17.6 Å². The van der Waals surface area contributed by atoms with E-state index in [2.05, 4.69) is 13.8 Å². The van der Waals surface area contributed by atoms with Crippen molar-refractivity contribution in [3.8, 4) is 0 Å². The molecule has 5 nitrogen and oxygen atoms in total. The maximum atomic E-state index is 12.6. The van der Waals surface area contributed by atoms with E-state index in [0.717, 1.165) is 25.1 Å². The van der Waals surface area contributed by atoms with E-state index in [-0.39, 0.29) is 29.8 Å². The van der Waals surface area contributed by atoms with Gasteiger partial charge in [0.2, 0.25) is 5.91 Å². The number of fused-ring (bicyclic) bond motifs is 4. The van der Waals surface area contributed by atoms with Gasteiger partial charge in [0.1, 0.15) is 0 Å². The molecule has 1 amide bonds. The SMILES string of the molecule is CC(C)CC(N)C(=O)N1CC2CC(C1)c1cccc(=O)n1C2.Cl. The molecule has 0 spiro atoms. The number of nitrogens with zero attached hydrogens (tertiary/aromatic N) is 2. The van der Waals surface area contributed by atoms with Gasteiger partial charge in [-0.25, -0.2) is 0 Å². The number of carbonyl (C=O) groups excluding carboxylic acids is 1. The third kappa shape index (κ3) is 3.61. The second-order valence-electron chi connectivity index (χ2n) is 7.18. The summed E-state index contributed by atoms with van der Waals surface area (Å²) in [5.41, 5.74) is 7.21. The first kappa shape index (κ1) is 18.0. The van der Waals surface area contributed by atoms with Crippen LogP contribution in [0.25, 0.3) is 0 Å². The van der Waals surface area contributed by atoms with E-state index in [9.17, 15) is 9.59 Å². The van der Waals surface area contributed by atoms with E-state index >= 15 is 0 Å². The van der Waals surface area contributed by atoms with Crippen molar-refractivity contribution in [1.29, 1.82) is 0 Å². The van der Waals surface area contributed by atoms with Gasteiger partial charge in [-0.2, -0.15) is 0 Å². The molecule has 0 saturated carbocycles. The Hall–Kier alpha value is -1.33. The molecule has 23 heavy (non-hydrogen) atoms. The Labute approximate surface area is 143 Å². The summed E-state index contributed by atoms with van der Waals surface area (Å²) in [7, 11) is 0. The first-order valence-corrected chi connectivity index (χ1v) is 8.19. The number of carbonyl (C=O) groups is 1. The first-order valence-electron chi connectivity index (χ1n) is 8.19. The molecule has 2 aliphatic rings. The van der Waals surface area contributed by atoms with Crippen molar-refractivity contribution in [3.05, 3.63) is 34.2 Å². The third-order valence-corrected chi connectivity index (χ3v) is 4.83. The summed E-state index contributed by atoms with van der Waals surface area (Å²) in [6.07, 6.45) is 1.79. The molecule has 1 saturated heterocycles. The number of pyridine rings is 1. The zero-order valence-electron chi connectivity index (χ0n) is 13.8. The van der Waals surface area contributed by atoms with Crippen LogP contribution >= 0.6 is 12.4 Å². The van der Waals surface area contributed by atoms with E-state index in [1.165, 1.54) is 0 Å². The van der Waals surface area contributed by atoms with Crippen LogP contribution < -0.4 is 11.3 Å². The Kier molecular flexibility index (Phi) is 5.53. The number of aromatic nitrogens is 1. The molecule has 1 fully saturated rings. The Morgan fingerprint density at radius 3 is 2.74 bits per heavy atom. The van der Waals surface area contributed by atoms with Crippen LogP contribution in [0, 0.1) is 11.8 Å². The largest absolute Gasteiger partial charge is 0.340 e. The average Bonchev–Trinajstić information content (AvgIpc) is 2.46. The number of hydrogen-bond donors (Lipinski definition) is 1. The van der Waals surface area contributed by atoms with Crippen molar-refractivity contribution in [2.75, 3.05) is 13.1 Å². The molecule has 1 aromatic rings. The minimum atomic E-state index is -0.406. The summed E-state index contributed by atoms with van der Waals surface area (Å²) in [5, 5.41) is 0. The normalized spacial score (nSPS) is 23.9. The summed E-state index contributed by atoms with van der Waals surface area (Å²) < 4.78 is 1.88. The predicted molar refractivity (Wildman–Crippen MR) is 92.8 cm³/mol. The molecule has 0 aromatic carbocycles. The molecule has 2 N–H and O–H groups in total. The van der Waals surface area contributed by atoms with Crippen molar-refractivity contribution in [2.45, 2.75) is 45.2 Å². The number of halogens is 1. The highest BCUT2D eigenvalue weighted by Crippen LogP contribution is 2.35. The molecule has 3 unspecified atom stereocenters. The van der Waals surface area contributed by atoms with Crippen LogP contribution in [0.2, 0.25) is 0 Å². The number of nitrogens with two attached hydrogens (primary N) is 1. The van der Waals surface area contributed by atoms with Crippen LogP contribution in [0.1, 0.15) is 38.3 Å². The Bertz CT molecular complexity index is 629. The smallest absolute Gasteiger partial charge is 0.250 e. The van der Waals surface area contributed by atoms with Gasteiger partial charge in [-0.3, -0.25) is 9.59 Å².